The fraction of sp³-hybridized carbons (Fsp3) is 0.946. The van der Waals surface area contributed by atoms with Crippen molar-refractivity contribution in [3.63, 3.8) is 0 Å². The topological polar surface area (TPSA) is 237 Å². The number of esters is 4. The van der Waals surface area contributed by atoms with Crippen molar-refractivity contribution in [2.24, 2.45) is 17.8 Å². The summed E-state index contributed by atoms with van der Waals surface area (Å²) in [6, 6.07) is 0. The number of phosphoric acid groups is 2. The first-order valence-electron chi connectivity index (χ1n) is 38.3. The van der Waals surface area contributed by atoms with Crippen molar-refractivity contribution < 1.29 is 80.2 Å². The SMILES string of the molecule is CCCCCCCCCCCC(=O)OC[C@H](COP(=O)(O)OC[C@H](O)COP(=O)(O)OC[C@@H](COC(=O)CCCCCCCCCCCCCC(C)C)OC(=O)CCCCCCCCCCCCCCCCCCC(C)C)OC(=O)CCCCCCCCCCC(C)C. The van der Waals surface area contributed by atoms with Crippen LogP contribution in [0.5, 0.6) is 0 Å². The maximum Gasteiger partial charge on any atom is 0.472 e. The third-order valence-corrected chi connectivity index (χ3v) is 19.0. The van der Waals surface area contributed by atoms with E-state index in [-0.39, 0.29) is 25.7 Å². The van der Waals surface area contributed by atoms with E-state index in [2.05, 4.69) is 48.5 Å². The zero-order valence-electron chi connectivity index (χ0n) is 60.7. The van der Waals surface area contributed by atoms with Crippen LogP contribution >= 0.6 is 15.6 Å². The molecule has 0 aliphatic heterocycles. The lowest BCUT2D eigenvalue weighted by Gasteiger charge is -2.21. The van der Waals surface area contributed by atoms with Gasteiger partial charge in [-0.3, -0.25) is 37.3 Å². The Morgan fingerprint density at radius 1 is 0.290 bits per heavy atom. The molecule has 0 fully saturated rings. The Bertz CT molecular complexity index is 1820. The van der Waals surface area contributed by atoms with E-state index < -0.39 is 97.5 Å². The van der Waals surface area contributed by atoms with Crippen LogP contribution in [0.15, 0.2) is 0 Å². The summed E-state index contributed by atoms with van der Waals surface area (Å²) in [4.78, 5) is 72.6. The third kappa shape index (κ3) is 68.4. The van der Waals surface area contributed by atoms with E-state index in [4.69, 9.17) is 37.0 Å². The number of carbonyl (C=O) groups is 4. The number of unbranched alkanes of at least 4 members (excludes halogenated alkanes) is 40. The molecule has 0 aliphatic carbocycles. The molecule has 0 aromatic carbocycles. The number of hydrogen-bond donors (Lipinski definition) is 3. The molecule has 0 heterocycles. The van der Waals surface area contributed by atoms with Gasteiger partial charge in [-0.15, -0.1) is 0 Å². The van der Waals surface area contributed by atoms with Crippen molar-refractivity contribution >= 4 is 39.5 Å². The smallest absolute Gasteiger partial charge is 0.462 e. The van der Waals surface area contributed by atoms with Gasteiger partial charge in [0.25, 0.3) is 0 Å². The molecule has 5 atom stereocenters. The molecule has 3 N–H and O–H groups in total. The number of hydrogen-bond acceptors (Lipinski definition) is 15. The lowest BCUT2D eigenvalue weighted by Crippen LogP contribution is -2.30. The van der Waals surface area contributed by atoms with Crippen LogP contribution in [0.2, 0.25) is 0 Å². The maximum absolute atomic E-state index is 13.1. The van der Waals surface area contributed by atoms with Crippen LogP contribution in [0, 0.1) is 17.8 Å². The quantitative estimate of drug-likeness (QED) is 0.0222. The lowest BCUT2D eigenvalue weighted by molar-refractivity contribution is -0.161. The van der Waals surface area contributed by atoms with Crippen molar-refractivity contribution in [2.45, 2.75) is 394 Å². The Labute approximate surface area is 568 Å². The van der Waals surface area contributed by atoms with Crippen LogP contribution in [-0.2, 0) is 65.4 Å². The highest BCUT2D eigenvalue weighted by Gasteiger charge is 2.30. The molecule has 0 bridgehead atoms. The van der Waals surface area contributed by atoms with Crippen molar-refractivity contribution in [2.75, 3.05) is 39.6 Å². The van der Waals surface area contributed by atoms with E-state index in [0.29, 0.717) is 25.7 Å². The maximum atomic E-state index is 13.1. The van der Waals surface area contributed by atoms with Gasteiger partial charge >= 0.3 is 39.5 Å². The molecule has 0 radical (unpaired) electrons. The molecule has 17 nitrogen and oxygen atoms in total. The Kier molecular flexibility index (Phi) is 63.4. The highest BCUT2D eigenvalue weighted by atomic mass is 31.2. The highest BCUT2D eigenvalue weighted by Crippen LogP contribution is 2.45. The monoisotopic (exact) mass is 1370 g/mol. The van der Waals surface area contributed by atoms with Crippen molar-refractivity contribution in [1.29, 1.82) is 0 Å². The third-order valence-electron chi connectivity index (χ3n) is 17.1. The molecule has 0 rings (SSSR count). The number of rotatable bonds is 72. The molecule has 0 aromatic heterocycles. The predicted octanol–water partition coefficient (Wildman–Crippen LogP) is 21.4. The van der Waals surface area contributed by atoms with Gasteiger partial charge in [-0.25, -0.2) is 9.13 Å². The minimum Gasteiger partial charge on any atom is -0.462 e. The Hall–Kier alpha value is -1.94. The van der Waals surface area contributed by atoms with Gasteiger partial charge in [0, 0.05) is 25.7 Å². The van der Waals surface area contributed by atoms with E-state index in [0.717, 1.165) is 108 Å². The Morgan fingerprint density at radius 2 is 0.495 bits per heavy atom. The molecule has 0 aromatic rings. The minimum absolute atomic E-state index is 0.104. The van der Waals surface area contributed by atoms with Gasteiger partial charge < -0.3 is 33.8 Å². The summed E-state index contributed by atoms with van der Waals surface area (Å²) in [5.74, 6) is 0.176. The number of carbonyl (C=O) groups excluding carboxylic acids is 4. The number of aliphatic hydroxyl groups excluding tert-OH is 1. The molecule has 19 heteroatoms. The molecule has 0 saturated carbocycles. The summed E-state index contributed by atoms with van der Waals surface area (Å²) >= 11 is 0. The van der Waals surface area contributed by atoms with E-state index in [1.165, 1.54) is 186 Å². The van der Waals surface area contributed by atoms with Gasteiger partial charge in [0.2, 0.25) is 0 Å². The molecule has 93 heavy (non-hydrogen) atoms. The van der Waals surface area contributed by atoms with Crippen molar-refractivity contribution in [1.82, 2.24) is 0 Å². The van der Waals surface area contributed by atoms with E-state index in [1.807, 2.05) is 0 Å². The van der Waals surface area contributed by atoms with Gasteiger partial charge in [-0.2, -0.15) is 0 Å². The Balaban J connectivity index is 5.22. The fourth-order valence-corrected chi connectivity index (χ4v) is 12.8. The van der Waals surface area contributed by atoms with Crippen LogP contribution in [0.4, 0.5) is 0 Å². The fourth-order valence-electron chi connectivity index (χ4n) is 11.2. The standard InChI is InChI=1S/C74H144O17P2/c1-8-9-10-11-12-24-34-41-48-55-71(76)84-61-70(91-74(79)58-51-44-37-30-29-33-40-47-54-67(6)7)64-89-93(82,83)87-60-68(75)59-86-92(80,81)88-63-69(62-85-72(77)56-49-42-35-27-23-19-21-26-32-39-46-53-66(4)5)90-73(78)57-50-43-36-28-22-18-16-14-13-15-17-20-25-31-38-45-52-65(2)3/h65-70,75H,8-64H2,1-7H3,(H,80,81)(H,82,83)/t68-,69-,70-/m1/s1. The van der Waals surface area contributed by atoms with Crippen molar-refractivity contribution in [3.8, 4) is 0 Å². The first-order chi connectivity index (χ1) is 44.7. The van der Waals surface area contributed by atoms with Crippen LogP contribution in [0.25, 0.3) is 0 Å². The van der Waals surface area contributed by atoms with Crippen LogP contribution < -0.4 is 0 Å². The molecular formula is C74H144O17P2. The second kappa shape index (κ2) is 64.7. The largest absolute Gasteiger partial charge is 0.472 e. The average Bonchev–Trinajstić information content (AvgIpc) is 2.84. The minimum atomic E-state index is -4.96. The van der Waals surface area contributed by atoms with Gasteiger partial charge in [-0.05, 0) is 43.4 Å². The molecule has 2 unspecified atom stereocenters. The van der Waals surface area contributed by atoms with Crippen LogP contribution in [-0.4, -0.2) is 96.7 Å². The number of ether oxygens (including phenoxy) is 4. The van der Waals surface area contributed by atoms with E-state index in [1.54, 1.807) is 0 Å². The molecule has 0 aliphatic rings. The molecule has 0 spiro atoms. The number of phosphoric ester groups is 2. The summed E-state index contributed by atoms with van der Waals surface area (Å²) in [6.07, 6.45) is 50.0. The van der Waals surface area contributed by atoms with Gasteiger partial charge in [0.15, 0.2) is 12.2 Å². The first-order valence-corrected chi connectivity index (χ1v) is 41.3. The molecule has 0 saturated heterocycles. The average molecular weight is 1370 g/mol. The lowest BCUT2D eigenvalue weighted by atomic mass is 10.0. The second-order valence-electron chi connectivity index (χ2n) is 28.1. The molecular weight excluding hydrogens is 1220 g/mol. The Morgan fingerprint density at radius 3 is 0.731 bits per heavy atom. The summed E-state index contributed by atoms with van der Waals surface area (Å²) in [5.41, 5.74) is 0. The predicted molar refractivity (Wildman–Crippen MR) is 377 cm³/mol. The van der Waals surface area contributed by atoms with E-state index in [9.17, 15) is 43.2 Å². The van der Waals surface area contributed by atoms with Crippen LogP contribution in [0.3, 0.4) is 0 Å². The van der Waals surface area contributed by atoms with Gasteiger partial charge in [0.1, 0.15) is 19.3 Å². The zero-order valence-corrected chi connectivity index (χ0v) is 62.5. The summed E-state index contributed by atoms with van der Waals surface area (Å²) < 4.78 is 68.4. The molecule has 0 amide bonds. The number of aliphatic hydroxyl groups is 1. The highest BCUT2D eigenvalue weighted by molar-refractivity contribution is 7.47. The van der Waals surface area contributed by atoms with Gasteiger partial charge in [0.05, 0.1) is 26.4 Å². The normalized spacial score (nSPS) is 14.1. The second-order valence-corrected chi connectivity index (χ2v) is 31.0. The van der Waals surface area contributed by atoms with Crippen molar-refractivity contribution in [3.05, 3.63) is 0 Å². The first kappa shape index (κ1) is 91.1. The van der Waals surface area contributed by atoms with Gasteiger partial charge in [-0.1, -0.05) is 325 Å². The molecule has 552 valence electrons. The summed E-state index contributed by atoms with van der Waals surface area (Å²) in [5, 5.41) is 10.6. The van der Waals surface area contributed by atoms with E-state index >= 15 is 0 Å². The summed E-state index contributed by atoms with van der Waals surface area (Å²) in [6.45, 7) is 11.9. The summed E-state index contributed by atoms with van der Waals surface area (Å²) in [7, 11) is -9.91. The zero-order chi connectivity index (χ0) is 68.7. The van der Waals surface area contributed by atoms with Crippen LogP contribution in [0.1, 0.15) is 376 Å².